The second-order valence-corrected chi connectivity index (χ2v) is 7.91. The molecule has 0 spiro atoms. The minimum absolute atomic E-state index is 0.169. The molecule has 3 rings (SSSR count). The van der Waals surface area contributed by atoms with Gasteiger partial charge in [0, 0.05) is 12.6 Å². The fourth-order valence-electron chi connectivity index (χ4n) is 3.53. The van der Waals surface area contributed by atoms with Crippen LogP contribution >= 0.6 is 0 Å². The van der Waals surface area contributed by atoms with Crippen molar-refractivity contribution in [1.82, 2.24) is 10.3 Å². The van der Waals surface area contributed by atoms with Crippen LogP contribution in [0.1, 0.15) is 40.9 Å². The van der Waals surface area contributed by atoms with E-state index in [1.165, 1.54) is 0 Å². The molecule has 1 amide bonds. The van der Waals surface area contributed by atoms with Crippen molar-refractivity contribution in [2.24, 2.45) is 5.92 Å². The van der Waals surface area contributed by atoms with E-state index in [0.717, 1.165) is 33.7 Å². The number of methoxy groups -OCH3 is 1. The summed E-state index contributed by atoms with van der Waals surface area (Å²) in [5, 5.41) is 12.4. The maximum Gasteiger partial charge on any atom is 0.308 e. The number of aliphatic carboxylic acids is 1. The van der Waals surface area contributed by atoms with Gasteiger partial charge in [-0.25, -0.2) is 0 Å². The number of carbonyl (C=O) groups excluding carboxylic acids is 1. The normalized spacial score (nSPS) is 12.6. The molecule has 0 fully saturated rings. The van der Waals surface area contributed by atoms with Crippen LogP contribution in [0.4, 0.5) is 0 Å². The molecule has 0 radical (unpaired) electrons. The lowest BCUT2D eigenvalue weighted by Crippen LogP contribution is -2.36. The van der Waals surface area contributed by atoms with Crippen molar-refractivity contribution in [3.8, 4) is 5.75 Å². The van der Waals surface area contributed by atoms with Gasteiger partial charge in [-0.2, -0.15) is 0 Å². The van der Waals surface area contributed by atoms with E-state index < -0.39 is 17.9 Å². The molecular formula is C26H28N2O4. The highest BCUT2D eigenvalue weighted by Crippen LogP contribution is 2.23. The molecule has 0 saturated heterocycles. The summed E-state index contributed by atoms with van der Waals surface area (Å²) in [6.07, 6.45) is 2.53. The van der Waals surface area contributed by atoms with E-state index in [1.54, 1.807) is 20.2 Å². The molecule has 1 aromatic heterocycles. The van der Waals surface area contributed by atoms with Crippen LogP contribution in [0, 0.1) is 12.8 Å². The molecule has 0 aliphatic rings. The quantitative estimate of drug-likeness (QED) is 0.531. The molecule has 2 atom stereocenters. The van der Waals surface area contributed by atoms with Gasteiger partial charge in [-0.1, -0.05) is 54.1 Å². The molecule has 32 heavy (non-hydrogen) atoms. The average Bonchev–Trinajstić information content (AvgIpc) is 2.79. The van der Waals surface area contributed by atoms with Crippen molar-refractivity contribution in [1.29, 1.82) is 0 Å². The Kier molecular flexibility index (Phi) is 7.60. The van der Waals surface area contributed by atoms with Gasteiger partial charge in [0.25, 0.3) is 0 Å². The summed E-state index contributed by atoms with van der Waals surface area (Å²) in [7, 11) is 1.62. The average molecular weight is 433 g/mol. The van der Waals surface area contributed by atoms with Crippen LogP contribution < -0.4 is 10.1 Å². The number of carbonyl (C=O) groups is 2. The number of rotatable bonds is 9. The standard InChI is InChI=1S/C26H28N2O4/c1-17-6-12-21(13-7-17)25(18(2)26(30)31)28-24(29)16-20-10-8-19(9-11-20)15-22-23(32-3)5-4-14-27-22/h4-14,18,25H,15-16H2,1-3H3,(H,28,29)(H,30,31)/t18-,25+/m1/s1. The summed E-state index contributed by atoms with van der Waals surface area (Å²) in [4.78, 5) is 28.7. The summed E-state index contributed by atoms with van der Waals surface area (Å²) in [6.45, 7) is 3.57. The first-order chi connectivity index (χ1) is 15.4. The first-order valence-corrected chi connectivity index (χ1v) is 10.5. The lowest BCUT2D eigenvalue weighted by Gasteiger charge is -2.23. The molecule has 2 aromatic carbocycles. The van der Waals surface area contributed by atoms with Gasteiger partial charge in [0.05, 0.1) is 31.2 Å². The molecule has 0 aliphatic heterocycles. The summed E-state index contributed by atoms with van der Waals surface area (Å²) in [5.74, 6) is -1.18. The van der Waals surface area contributed by atoms with Crippen molar-refractivity contribution in [3.63, 3.8) is 0 Å². The highest BCUT2D eigenvalue weighted by atomic mass is 16.5. The molecule has 6 heteroatoms. The number of carboxylic acid groups (broad SMARTS) is 1. The van der Waals surface area contributed by atoms with Crippen LogP contribution in [0.5, 0.6) is 5.75 Å². The molecule has 0 aliphatic carbocycles. The smallest absolute Gasteiger partial charge is 0.308 e. The highest BCUT2D eigenvalue weighted by Gasteiger charge is 2.26. The van der Waals surface area contributed by atoms with Gasteiger partial charge in [-0.3, -0.25) is 14.6 Å². The van der Waals surface area contributed by atoms with Gasteiger partial charge in [-0.15, -0.1) is 0 Å². The zero-order valence-corrected chi connectivity index (χ0v) is 18.5. The molecule has 0 saturated carbocycles. The van der Waals surface area contributed by atoms with Crippen LogP contribution in [0.15, 0.2) is 66.9 Å². The van der Waals surface area contributed by atoms with Gasteiger partial charge in [0.2, 0.25) is 5.91 Å². The molecule has 6 nitrogen and oxygen atoms in total. The first-order valence-electron chi connectivity index (χ1n) is 10.5. The fraction of sp³-hybridized carbons (Fsp3) is 0.269. The van der Waals surface area contributed by atoms with Crippen LogP contribution in [-0.4, -0.2) is 29.1 Å². The monoisotopic (exact) mass is 432 g/mol. The number of ether oxygens (including phenoxy) is 1. The second-order valence-electron chi connectivity index (χ2n) is 7.91. The Morgan fingerprint density at radius 2 is 1.69 bits per heavy atom. The number of nitrogens with one attached hydrogen (secondary N) is 1. The molecule has 0 unspecified atom stereocenters. The zero-order valence-electron chi connectivity index (χ0n) is 18.5. The number of nitrogens with zero attached hydrogens (tertiary/aromatic N) is 1. The number of carboxylic acids is 1. The number of benzene rings is 2. The third-order valence-corrected chi connectivity index (χ3v) is 5.47. The zero-order chi connectivity index (χ0) is 23.1. The van der Waals surface area contributed by atoms with E-state index in [0.29, 0.717) is 6.42 Å². The Bertz CT molecular complexity index is 1060. The minimum Gasteiger partial charge on any atom is -0.495 e. The van der Waals surface area contributed by atoms with Crippen molar-refractivity contribution < 1.29 is 19.4 Å². The number of pyridine rings is 1. The van der Waals surface area contributed by atoms with Crippen LogP contribution in [0.3, 0.4) is 0 Å². The van der Waals surface area contributed by atoms with Crippen molar-refractivity contribution in [3.05, 3.63) is 94.8 Å². The van der Waals surface area contributed by atoms with E-state index in [9.17, 15) is 14.7 Å². The van der Waals surface area contributed by atoms with Crippen molar-refractivity contribution in [2.45, 2.75) is 32.7 Å². The predicted octanol–water partition coefficient (Wildman–Crippen LogP) is 4.11. The van der Waals surface area contributed by atoms with Gasteiger partial charge < -0.3 is 15.2 Å². The van der Waals surface area contributed by atoms with Crippen LogP contribution in [0.2, 0.25) is 0 Å². The summed E-state index contributed by atoms with van der Waals surface area (Å²) < 4.78 is 5.35. The highest BCUT2D eigenvalue weighted by molar-refractivity contribution is 5.80. The molecule has 1 heterocycles. The lowest BCUT2D eigenvalue weighted by atomic mass is 9.93. The van der Waals surface area contributed by atoms with E-state index in [1.807, 2.05) is 67.6 Å². The fourth-order valence-corrected chi connectivity index (χ4v) is 3.53. The van der Waals surface area contributed by atoms with Crippen molar-refractivity contribution >= 4 is 11.9 Å². The van der Waals surface area contributed by atoms with E-state index in [-0.39, 0.29) is 12.3 Å². The van der Waals surface area contributed by atoms with Crippen LogP contribution in [0.25, 0.3) is 0 Å². The first kappa shape index (κ1) is 23.0. The topological polar surface area (TPSA) is 88.5 Å². The number of amides is 1. The molecule has 166 valence electrons. The molecule has 0 bridgehead atoms. The Balaban J connectivity index is 1.67. The number of hydrogen-bond donors (Lipinski definition) is 2. The summed E-state index contributed by atoms with van der Waals surface area (Å²) in [5.41, 5.74) is 4.61. The van der Waals surface area contributed by atoms with E-state index in [4.69, 9.17) is 4.74 Å². The third kappa shape index (κ3) is 5.94. The largest absolute Gasteiger partial charge is 0.495 e. The molecule has 2 N–H and O–H groups in total. The summed E-state index contributed by atoms with van der Waals surface area (Å²) >= 11 is 0. The summed E-state index contributed by atoms with van der Waals surface area (Å²) in [6, 6.07) is 18.4. The number of hydrogen-bond acceptors (Lipinski definition) is 4. The molecular weight excluding hydrogens is 404 g/mol. The molecule has 3 aromatic rings. The van der Waals surface area contributed by atoms with Crippen LogP contribution in [-0.2, 0) is 22.4 Å². The minimum atomic E-state index is -0.954. The van der Waals surface area contributed by atoms with Crippen molar-refractivity contribution in [2.75, 3.05) is 7.11 Å². The Labute approximate surface area is 188 Å². The third-order valence-electron chi connectivity index (χ3n) is 5.47. The maximum absolute atomic E-state index is 12.7. The SMILES string of the molecule is COc1cccnc1Cc1ccc(CC(=O)N[C@H](c2ccc(C)cc2)[C@@H](C)C(=O)O)cc1. The lowest BCUT2D eigenvalue weighted by molar-refractivity contribution is -0.142. The van der Waals surface area contributed by atoms with Gasteiger partial charge in [0.15, 0.2) is 0 Å². The Morgan fingerprint density at radius 1 is 1.03 bits per heavy atom. The number of aryl methyl sites for hydroxylation is 1. The van der Waals surface area contributed by atoms with E-state index in [2.05, 4.69) is 10.3 Å². The number of aromatic nitrogens is 1. The Morgan fingerprint density at radius 3 is 2.31 bits per heavy atom. The van der Waals surface area contributed by atoms with Gasteiger partial charge in [0.1, 0.15) is 5.75 Å². The second kappa shape index (κ2) is 10.6. The predicted molar refractivity (Wildman–Crippen MR) is 123 cm³/mol. The van der Waals surface area contributed by atoms with Gasteiger partial charge in [-0.05, 0) is 42.7 Å². The van der Waals surface area contributed by atoms with E-state index >= 15 is 0 Å². The van der Waals surface area contributed by atoms with Gasteiger partial charge >= 0.3 is 5.97 Å². The Hall–Kier alpha value is -3.67. The maximum atomic E-state index is 12.7.